The Hall–Kier alpha value is -3.08. The van der Waals surface area contributed by atoms with Gasteiger partial charge in [-0.25, -0.2) is 9.48 Å². The summed E-state index contributed by atoms with van der Waals surface area (Å²) in [6.07, 6.45) is 6.55. The number of benzene rings is 1. The summed E-state index contributed by atoms with van der Waals surface area (Å²) >= 11 is 0. The summed E-state index contributed by atoms with van der Waals surface area (Å²) in [6.45, 7) is 2.07. The lowest BCUT2D eigenvalue weighted by Crippen LogP contribution is -2.01. The highest BCUT2D eigenvalue weighted by atomic mass is 16.5. The first-order chi connectivity index (χ1) is 11.2. The van der Waals surface area contributed by atoms with Crippen molar-refractivity contribution in [3.63, 3.8) is 0 Å². The van der Waals surface area contributed by atoms with Gasteiger partial charge in [-0.3, -0.25) is 0 Å². The molecule has 0 N–H and O–H groups in total. The van der Waals surface area contributed by atoms with E-state index < -0.39 is 5.97 Å². The van der Waals surface area contributed by atoms with Crippen LogP contribution in [0.3, 0.4) is 0 Å². The van der Waals surface area contributed by atoms with Crippen molar-refractivity contribution in [3.05, 3.63) is 78.0 Å². The van der Waals surface area contributed by atoms with Crippen LogP contribution in [0.4, 0.5) is 0 Å². The van der Waals surface area contributed by atoms with Gasteiger partial charge in [0.05, 0.1) is 5.69 Å². The zero-order chi connectivity index (χ0) is 16.1. The standard InChI is InChI=1S/C18H16N2O3/c1-14-3-8-17(23-14)9-10-18(21)22-13-15-4-6-16(7-5-15)20-12-2-11-19-20/h2-12H,13H2,1H3/b10-9+. The maximum atomic E-state index is 11.7. The summed E-state index contributed by atoms with van der Waals surface area (Å²) in [6, 6.07) is 13.2. The van der Waals surface area contributed by atoms with Gasteiger partial charge in [-0.15, -0.1) is 0 Å². The van der Waals surface area contributed by atoms with Crippen LogP contribution in [0.25, 0.3) is 11.8 Å². The molecule has 0 saturated carbocycles. The predicted molar refractivity (Wildman–Crippen MR) is 85.8 cm³/mol. The topological polar surface area (TPSA) is 57.3 Å². The van der Waals surface area contributed by atoms with Gasteiger partial charge in [-0.2, -0.15) is 5.10 Å². The lowest BCUT2D eigenvalue weighted by Gasteiger charge is -2.04. The van der Waals surface area contributed by atoms with Crippen LogP contribution in [-0.2, 0) is 16.1 Å². The Kier molecular flexibility index (Phi) is 4.38. The summed E-state index contributed by atoms with van der Waals surface area (Å²) in [4.78, 5) is 11.7. The highest BCUT2D eigenvalue weighted by Crippen LogP contribution is 2.11. The second kappa shape index (κ2) is 6.79. The lowest BCUT2D eigenvalue weighted by atomic mass is 10.2. The number of hydrogen-bond acceptors (Lipinski definition) is 4. The van der Waals surface area contributed by atoms with E-state index in [9.17, 15) is 4.79 Å². The fourth-order valence-electron chi connectivity index (χ4n) is 2.06. The third-order valence-electron chi connectivity index (χ3n) is 3.23. The molecule has 0 fully saturated rings. The number of hydrogen-bond donors (Lipinski definition) is 0. The van der Waals surface area contributed by atoms with E-state index in [1.165, 1.54) is 6.08 Å². The lowest BCUT2D eigenvalue weighted by molar-refractivity contribution is -0.138. The minimum Gasteiger partial charge on any atom is -0.462 e. The zero-order valence-electron chi connectivity index (χ0n) is 12.7. The number of ether oxygens (including phenoxy) is 1. The smallest absolute Gasteiger partial charge is 0.331 e. The average Bonchev–Trinajstić information content (AvgIpc) is 3.23. The number of carbonyl (C=O) groups excluding carboxylic acids is 1. The Bertz CT molecular complexity index is 799. The molecule has 0 atom stereocenters. The summed E-state index contributed by atoms with van der Waals surface area (Å²) in [5.41, 5.74) is 1.87. The van der Waals surface area contributed by atoms with Crippen LogP contribution in [0.5, 0.6) is 0 Å². The molecule has 0 radical (unpaired) electrons. The van der Waals surface area contributed by atoms with Gasteiger partial charge in [-0.1, -0.05) is 12.1 Å². The van der Waals surface area contributed by atoms with Crippen molar-refractivity contribution in [3.8, 4) is 5.69 Å². The van der Waals surface area contributed by atoms with Crippen LogP contribution >= 0.6 is 0 Å². The molecule has 3 rings (SSSR count). The second-order valence-electron chi connectivity index (χ2n) is 5.01. The average molecular weight is 308 g/mol. The van der Waals surface area contributed by atoms with E-state index in [1.807, 2.05) is 49.5 Å². The minimum absolute atomic E-state index is 0.222. The molecule has 0 spiro atoms. The molecule has 0 saturated heterocycles. The van der Waals surface area contributed by atoms with Gasteiger partial charge in [0, 0.05) is 18.5 Å². The molecule has 0 aliphatic heterocycles. The van der Waals surface area contributed by atoms with Crippen molar-refractivity contribution < 1.29 is 13.9 Å². The minimum atomic E-state index is -0.407. The largest absolute Gasteiger partial charge is 0.462 e. The first-order valence-corrected chi connectivity index (χ1v) is 7.21. The number of aryl methyl sites for hydroxylation is 1. The Balaban J connectivity index is 1.53. The van der Waals surface area contributed by atoms with Crippen molar-refractivity contribution in [2.75, 3.05) is 0 Å². The highest BCUT2D eigenvalue weighted by Gasteiger charge is 2.01. The first kappa shape index (κ1) is 14.8. The maximum Gasteiger partial charge on any atom is 0.331 e. The van der Waals surface area contributed by atoms with Crippen LogP contribution in [0.2, 0.25) is 0 Å². The van der Waals surface area contributed by atoms with E-state index in [4.69, 9.17) is 9.15 Å². The monoisotopic (exact) mass is 308 g/mol. The Morgan fingerprint density at radius 3 is 2.74 bits per heavy atom. The molecule has 2 heterocycles. The number of furan rings is 1. The number of rotatable bonds is 5. The number of aromatic nitrogens is 2. The summed E-state index contributed by atoms with van der Waals surface area (Å²) in [7, 11) is 0. The molecule has 23 heavy (non-hydrogen) atoms. The molecule has 0 aliphatic rings. The predicted octanol–water partition coefficient (Wildman–Crippen LogP) is 3.53. The SMILES string of the molecule is Cc1ccc(/C=C/C(=O)OCc2ccc(-n3cccn3)cc2)o1. The molecule has 5 nitrogen and oxygen atoms in total. The summed E-state index contributed by atoms with van der Waals surface area (Å²) in [5.74, 6) is 1.02. The molecule has 1 aromatic carbocycles. The molecule has 3 aromatic rings. The zero-order valence-corrected chi connectivity index (χ0v) is 12.7. The summed E-state index contributed by atoms with van der Waals surface area (Å²) < 4.78 is 12.3. The molecule has 0 amide bonds. The Morgan fingerprint density at radius 2 is 2.09 bits per heavy atom. The van der Waals surface area contributed by atoms with Crippen LogP contribution in [0.1, 0.15) is 17.1 Å². The van der Waals surface area contributed by atoms with Crippen LogP contribution in [-0.4, -0.2) is 15.7 Å². The Morgan fingerprint density at radius 1 is 1.26 bits per heavy atom. The quantitative estimate of drug-likeness (QED) is 0.534. The highest BCUT2D eigenvalue weighted by molar-refractivity contribution is 5.86. The molecule has 0 bridgehead atoms. The first-order valence-electron chi connectivity index (χ1n) is 7.21. The number of nitrogens with zero attached hydrogens (tertiary/aromatic N) is 2. The van der Waals surface area contributed by atoms with E-state index in [2.05, 4.69) is 5.10 Å². The van der Waals surface area contributed by atoms with Crippen molar-refractivity contribution in [2.45, 2.75) is 13.5 Å². The van der Waals surface area contributed by atoms with Gasteiger partial charge in [0.2, 0.25) is 0 Å². The number of esters is 1. The van der Waals surface area contributed by atoms with Gasteiger partial charge >= 0.3 is 5.97 Å². The van der Waals surface area contributed by atoms with Crippen molar-refractivity contribution in [1.29, 1.82) is 0 Å². The van der Waals surface area contributed by atoms with Crippen molar-refractivity contribution in [1.82, 2.24) is 9.78 Å². The normalized spacial score (nSPS) is 11.0. The fourth-order valence-corrected chi connectivity index (χ4v) is 2.06. The third-order valence-corrected chi connectivity index (χ3v) is 3.23. The van der Waals surface area contributed by atoms with E-state index in [1.54, 1.807) is 23.0 Å². The van der Waals surface area contributed by atoms with Crippen LogP contribution in [0.15, 0.2) is 65.4 Å². The van der Waals surface area contributed by atoms with Gasteiger partial charge in [0.15, 0.2) is 0 Å². The van der Waals surface area contributed by atoms with Gasteiger partial charge in [0.1, 0.15) is 18.1 Å². The molecule has 116 valence electrons. The van der Waals surface area contributed by atoms with Gasteiger partial charge < -0.3 is 9.15 Å². The molecular weight excluding hydrogens is 292 g/mol. The fraction of sp³-hybridized carbons (Fsp3) is 0.111. The second-order valence-corrected chi connectivity index (χ2v) is 5.01. The van der Waals surface area contributed by atoms with Crippen molar-refractivity contribution in [2.24, 2.45) is 0 Å². The van der Waals surface area contributed by atoms with E-state index in [0.717, 1.165) is 17.0 Å². The van der Waals surface area contributed by atoms with Crippen LogP contribution in [0, 0.1) is 6.92 Å². The van der Waals surface area contributed by atoms with E-state index in [0.29, 0.717) is 5.76 Å². The van der Waals surface area contributed by atoms with E-state index in [-0.39, 0.29) is 6.61 Å². The van der Waals surface area contributed by atoms with Crippen LogP contribution < -0.4 is 0 Å². The van der Waals surface area contributed by atoms with Gasteiger partial charge in [0.25, 0.3) is 0 Å². The Labute approximate surface area is 133 Å². The molecule has 5 heteroatoms. The van der Waals surface area contributed by atoms with Gasteiger partial charge in [-0.05, 0) is 48.9 Å². The van der Waals surface area contributed by atoms with Crippen molar-refractivity contribution >= 4 is 12.0 Å². The third kappa shape index (κ3) is 3.97. The van der Waals surface area contributed by atoms with E-state index >= 15 is 0 Å². The molecular formula is C18H16N2O3. The number of carbonyl (C=O) groups is 1. The molecule has 2 aromatic heterocycles. The summed E-state index contributed by atoms with van der Waals surface area (Å²) in [5, 5.41) is 4.16. The maximum absolute atomic E-state index is 11.7. The molecule has 0 aliphatic carbocycles. The molecule has 0 unspecified atom stereocenters.